The van der Waals surface area contributed by atoms with Crippen molar-refractivity contribution in [3.8, 4) is 5.69 Å². The molecule has 1 saturated heterocycles. The van der Waals surface area contributed by atoms with Gasteiger partial charge in [0.25, 0.3) is 0 Å². The first-order valence-electron chi connectivity index (χ1n) is 11.0. The van der Waals surface area contributed by atoms with Gasteiger partial charge in [0.05, 0.1) is 23.7 Å². The Labute approximate surface area is 209 Å². The lowest BCUT2D eigenvalue weighted by atomic mass is 10.0. The molecule has 0 spiro atoms. The molecule has 4 heterocycles. The first kappa shape index (κ1) is 23.0. The third kappa shape index (κ3) is 4.62. The van der Waals surface area contributed by atoms with Crippen LogP contribution in [0.25, 0.3) is 5.69 Å². The highest BCUT2D eigenvalue weighted by Gasteiger charge is 2.42. The van der Waals surface area contributed by atoms with Crippen molar-refractivity contribution in [1.29, 1.82) is 0 Å². The third-order valence-corrected chi connectivity index (χ3v) is 6.81. The number of nitrogens with zero attached hydrogens (tertiary/aromatic N) is 4. The summed E-state index contributed by atoms with van der Waals surface area (Å²) in [7, 11) is -3.39. The molecule has 0 saturated carbocycles. The average molecular weight is 505 g/mol. The van der Waals surface area contributed by atoms with Crippen molar-refractivity contribution >= 4 is 38.7 Å². The SMILES string of the molecule is Cc1cc(N2C(=S)N[C@H](c3ccccn3)[C@H]2c2cccn2-c2ccncc2)ccc1NS(C)(=O)=O. The van der Waals surface area contributed by atoms with Crippen LogP contribution in [0.5, 0.6) is 0 Å². The molecule has 8 nitrogen and oxygen atoms in total. The van der Waals surface area contributed by atoms with Crippen molar-refractivity contribution in [2.45, 2.75) is 19.0 Å². The van der Waals surface area contributed by atoms with E-state index in [1.807, 2.05) is 61.7 Å². The lowest BCUT2D eigenvalue weighted by Gasteiger charge is -2.29. The molecule has 35 heavy (non-hydrogen) atoms. The fourth-order valence-electron chi connectivity index (χ4n) is 4.42. The molecule has 0 unspecified atom stereocenters. The van der Waals surface area contributed by atoms with Gasteiger partial charge in [0.15, 0.2) is 5.11 Å². The maximum Gasteiger partial charge on any atom is 0.229 e. The van der Waals surface area contributed by atoms with Crippen LogP contribution in [-0.4, -0.2) is 34.3 Å². The fourth-order valence-corrected chi connectivity index (χ4v) is 5.39. The molecule has 5 rings (SSSR count). The fraction of sp³-hybridized carbons (Fsp3) is 0.160. The summed E-state index contributed by atoms with van der Waals surface area (Å²) in [6.45, 7) is 1.87. The van der Waals surface area contributed by atoms with Crippen molar-refractivity contribution in [2.24, 2.45) is 0 Å². The van der Waals surface area contributed by atoms with Crippen LogP contribution in [0.2, 0.25) is 0 Å². The van der Waals surface area contributed by atoms with Gasteiger partial charge in [-0.05, 0) is 79.3 Å². The van der Waals surface area contributed by atoms with Crippen LogP contribution in [0.3, 0.4) is 0 Å². The van der Waals surface area contributed by atoms with Crippen molar-refractivity contribution < 1.29 is 8.42 Å². The molecular formula is C25H24N6O2S2. The van der Waals surface area contributed by atoms with Gasteiger partial charge in [-0.1, -0.05) is 6.07 Å². The number of aromatic nitrogens is 3. The zero-order valence-electron chi connectivity index (χ0n) is 19.2. The molecule has 2 atom stereocenters. The number of hydrogen-bond donors (Lipinski definition) is 2. The second-order valence-corrected chi connectivity index (χ2v) is 10.5. The summed E-state index contributed by atoms with van der Waals surface area (Å²) < 4.78 is 28.2. The van der Waals surface area contributed by atoms with Gasteiger partial charge in [-0.15, -0.1) is 0 Å². The molecule has 2 N–H and O–H groups in total. The van der Waals surface area contributed by atoms with E-state index in [0.717, 1.165) is 34.6 Å². The molecule has 0 amide bonds. The molecule has 10 heteroatoms. The number of aryl methyl sites for hydroxylation is 1. The molecule has 3 aromatic heterocycles. The summed E-state index contributed by atoms with van der Waals surface area (Å²) in [5.74, 6) is 0. The predicted octanol–water partition coefficient (Wildman–Crippen LogP) is 4.12. The Morgan fingerprint density at radius 3 is 2.49 bits per heavy atom. The van der Waals surface area contributed by atoms with E-state index in [9.17, 15) is 8.42 Å². The smallest absolute Gasteiger partial charge is 0.229 e. The molecule has 0 radical (unpaired) electrons. The normalized spacial score (nSPS) is 17.9. The quantitative estimate of drug-likeness (QED) is 0.382. The Bertz CT molecular complexity index is 1470. The highest BCUT2D eigenvalue weighted by Crippen LogP contribution is 2.42. The van der Waals surface area contributed by atoms with Crippen LogP contribution in [-0.2, 0) is 10.0 Å². The highest BCUT2D eigenvalue weighted by atomic mass is 32.2. The molecule has 178 valence electrons. The first-order valence-corrected chi connectivity index (χ1v) is 13.3. The van der Waals surface area contributed by atoms with Gasteiger partial charge in [0, 0.05) is 41.9 Å². The van der Waals surface area contributed by atoms with E-state index in [1.54, 1.807) is 24.7 Å². The molecular weight excluding hydrogens is 480 g/mol. The number of hydrogen-bond acceptors (Lipinski definition) is 5. The molecule has 1 aliphatic heterocycles. The van der Waals surface area contributed by atoms with Gasteiger partial charge < -0.3 is 14.8 Å². The van der Waals surface area contributed by atoms with Crippen LogP contribution in [0, 0.1) is 6.92 Å². The van der Waals surface area contributed by atoms with Gasteiger partial charge >= 0.3 is 0 Å². The maximum absolute atomic E-state index is 11.8. The zero-order valence-corrected chi connectivity index (χ0v) is 20.8. The lowest BCUT2D eigenvalue weighted by molar-refractivity contribution is 0.549. The summed E-state index contributed by atoms with van der Waals surface area (Å²) in [5, 5.41) is 4.03. The van der Waals surface area contributed by atoms with Crippen molar-refractivity contribution in [3.05, 3.63) is 102 Å². The van der Waals surface area contributed by atoms with Crippen LogP contribution in [0.1, 0.15) is 29.0 Å². The topological polar surface area (TPSA) is 92.2 Å². The number of pyridine rings is 2. The molecule has 0 bridgehead atoms. The van der Waals surface area contributed by atoms with E-state index in [2.05, 4.69) is 35.5 Å². The number of nitrogens with one attached hydrogen (secondary N) is 2. The van der Waals surface area contributed by atoms with Crippen LogP contribution < -0.4 is 14.9 Å². The van der Waals surface area contributed by atoms with Gasteiger partial charge in [-0.3, -0.25) is 14.7 Å². The molecule has 1 aliphatic rings. The molecule has 1 aromatic carbocycles. The standard InChI is InChI=1S/C25H24N6O2S2/c1-17-16-19(8-9-20(17)29-35(2,32)33)31-24(23(28-25(31)34)21-6-3-4-12-27-21)22-7-5-15-30(22)18-10-13-26-14-11-18/h3-16,23-24,29H,1-2H3,(H,28,34)/t23-,24-/m1/s1. The summed E-state index contributed by atoms with van der Waals surface area (Å²) in [6.07, 6.45) is 8.46. The average Bonchev–Trinajstić information content (AvgIpc) is 3.45. The largest absolute Gasteiger partial charge is 0.351 e. The Kier molecular flexibility index (Phi) is 6.00. The van der Waals surface area contributed by atoms with Crippen molar-refractivity contribution in [3.63, 3.8) is 0 Å². The van der Waals surface area contributed by atoms with E-state index in [0.29, 0.717) is 10.8 Å². The van der Waals surface area contributed by atoms with Gasteiger partial charge in [-0.2, -0.15) is 0 Å². The summed E-state index contributed by atoms with van der Waals surface area (Å²) >= 11 is 5.83. The Hall–Kier alpha value is -3.76. The van der Waals surface area contributed by atoms with Crippen LogP contribution >= 0.6 is 12.2 Å². The number of rotatable bonds is 6. The van der Waals surface area contributed by atoms with E-state index >= 15 is 0 Å². The van der Waals surface area contributed by atoms with Crippen LogP contribution in [0.15, 0.2) is 85.5 Å². The van der Waals surface area contributed by atoms with E-state index in [4.69, 9.17) is 12.2 Å². The van der Waals surface area contributed by atoms with Crippen molar-refractivity contribution in [2.75, 3.05) is 15.9 Å². The lowest BCUT2D eigenvalue weighted by Crippen LogP contribution is -2.30. The number of anilines is 2. The maximum atomic E-state index is 11.8. The number of benzene rings is 1. The second kappa shape index (κ2) is 9.12. The second-order valence-electron chi connectivity index (χ2n) is 8.38. The first-order chi connectivity index (χ1) is 16.8. The van der Waals surface area contributed by atoms with E-state index in [1.165, 1.54) is 0 Å². The highest BCUT2D eigenvalue weighted by molar-refractivity contribution is 7.92. The van der Waals surface area contributed by atoms with Crippen LogP contribution in [0.4, 0.5) is 11.4 Å². The molecule has 0 aliphatic carbocycles. The monoisotopic (exact) mass is 504 g/mol. The summed E-state index contributed by atoms with van der Waals surface area (Å²) in [5.41, 5.74) is 5.06. The van der Waals surface area contributed by atoms with Gasteiger partial charge in [0.2, 0.25) is 10.0 Å². The Morgan fingerprint density at radius 2 is 1.80 bits per heavy atom. The molecule has 1 fully saturated rings. The minimum Gasteiger partial charge on any atom is -0.351 e. The summed E-state index contributed by atoms with van der Waals surface area (Å²) in [6, 6.07) is 19.0. The number of sulfonamides is 1. The zero-order chi connectivity index (χ0) is 24.6. The Balaban J connectivity index is 1.63. The van der Waals surface area contributed by atoms with E-state index < -0.39 is 10.0 Å². The minimum absolute atomic E-state index is 0.201. The molecule has 4 aromatic rings. The number of thiocarbonyl (C=S) groups is 1. The predicted molar refractivity (Wildman–Crippen MR) is 141 cm³/mol. The minimum atomic E-state index is -3.39. The van der Waals surface area contributed by atoms with Gasteiger partial charge in [-0.25, -0.2) is 8.42 Å². The third-order valence-electron chi connectivity index (χ3n) is 5.91. The van der Waals surface area contributed by atoms with E-state index in [-0.39, 0.29) is 12.1 Å². The van der Waals surface area contributed by atoms with Crippen molar-refractivity contribution in [1.82, 2.24) is 19.9 Å². The summed E-state index contributed by atoms with van der Waals surface area (Å²) in [4.78, 5) is 10.8. The van der Waals surface area contributed by atoms with Gasteiger partial charge in [0.1, 0.15) is 6.04 Å². The Morgan fingerprint density at radius 1 is 1.00 bits per heavy atom.